The molecule has 6 nitrogen and oxygen atoms in total. The predicted molar refractivity (Wildman–Crippen MR) is 120 cm³/mol. The fraction of sp³-hybridized carbons (Fsp3) is 0.400. The second-order valence-electron chi connectivity index (χ2n) is 8.80. The summed E-state index contributed by atoms with van der Waals surface area (Å²) in [5.74, 6) is -1.11. The first kappa shape index (κ1) is 23.8. The van der Waals surface area contributed by atoms with Crippen molar-refractivity contribution in [2.45, 2.75) is 52.8 Å². The van der Waals surface area contributed by atoms with Gasteiger partial charge >= 0.3 is 12.1 Å². The Morgan fingerprint density at radius 1 is 1.24 bits per heavy atom. The summed E-state index contributed by atoms with van der Waals surface area (Å²) in [6.45, 7) is 5.79. The number of benzene rings is 1. The number of carboxylic acids is 1. The number of carboxylic acid groups (broad SMARTS) is 1. The van der Waals surface area contributed by atoms with Crippen LogP contribution in [0.25, 0.3) is 16.8 Å². The lowest BCUT2D eigenvalue weighted by Crippen LogP contribution is -2.31. The lowest BCUT2D eigenvalue weighted by Gasteiger charge is -2.24. The Bertz CT molecular complexity index is 1280. The van der Waals surface area contributed by atoms with Crippen LogP contribution in [0.5, 0.6) is 0 Å². The van der Waals surface area contributed by atoms with Gasteiger partial charge in [-0.25, -0.2) is 0 Å². The van der Waals surface area contributed by atoms with E-state index in [9.17, 15) is 27.9 Å². The summed E-state index contributed by atoms with van der Waals surface area (Å²) in [5.41, 5.74) is 3.20. The Morgan fingerprint density at radius 2 is 1.94 bits per heavy atom. The Labute approximate surface area is 195 Å². The molecule has 1 saturated carbocycles. The summed E-state index contributed by atoms with van der Waals surface area (Å²) < 4.78 is 42.6. The second kappa shape index (κ2) is 8.77. The third-order valence-electron chi connectivity index (χ3n) is 6.32. The smallest absolute Gasteiger partial charge is 0.416 e. The molecule has 4 rings (SSSR count). The van der Waals surface area contributed by atoms with Gasteiger partial charge in [-0.05, 0) is 62.4 Å². The third kappa shape index (κ3) is 4.51. The van der Waals surface area contributed by atoms with Crippen LogP contribution < -0.4 is 0 Å². The van der Waals surface area contributed by atoms with Crippen LogP contribution in [0.15, 0.2) is 30.6 Å². The van der Waals surface area contributed by atoms with Crippen molar-refractivity contribution in [1.29, 1.82) is 0 Å². The molecule has 0 radical (unpaired) electrons. The molecule has 34 heavy (non-hydrogen) atoms. The van der Waals surface area contributed by atoms with Crippen LogP contribution in [-0.2, 0) is 28.7 Å². The summed E-state index contributed by atoms with van der Waals surface area (Å²) in [7, 11) is 0. The van der Waals surface area contributed by atoms with Crippen LogP contribution in [0.2, 0.25) is 0 Å². The molecule has 1 fully saturated rings. The Hall–Kier alpha value is -3.36. The summed E-state index contributed by atoms with van der Waals surface area (Å²) in [4.78, 5) is 30.2. The van der Waals surface area contributed by atoms with Gasteiger partial charge in [-0.3, -0.25) is 14.6 Å². The zero-order chi connectivity index (χ0) is 24.8. The Balaban J connectivity index is 1.93. The van der Waals surface area contributed by atoms with Crippen molar-refractivity contribution in [3.63, 3.8) is 0 Å². The van der Waals surface area contributed by atoms with E-state index in [1.54, 1.807) is 35.5 Å². The predicted octanol–water partition coefficient (Wildman–Crippen LogP) is 5.02. The quantitative estimate of drug-likeness (QED) is 0.523. The van der Waals surface area contributed by atoms with E-state index >= 15 is 0 Å². The first-order valence-corrected chi connectivity index (χ1v) is 11.2. The normalized spacial score (nSPS) is 13.9. The highest BCUT2D eigenvalue weighted by molar-refractivity contribution is 5.83. The van der Waals surface area contributed by atoms with Gasteiger partial charge in [-0.1, -0.05) is 6.07 Å². The van der Waals surface area contributed by atoms with E-state index in [2.05, 4.69) is 4.98 Å². The molecule has 2 heterocycles. The number of halogens is 3. The number of amides is 1. The maximum Gasteiger partial charge on any atom is 0.416 e. The maximum atomic E-state index is 13.6. The summed E-state index contributed by atoms with van der Waals surface area (Å²) in [6, 6.07) is 3.55. The van der Waals surface area contributed by atoms with Crippen molar-refractivity contribution < 1.29 is 27.9 Å². The molecule has 0 atom stereocenters. The van der Waals surface area contributed by atoms with Crippen molar-refractivity contribution in [3.8, 4) is 11.3 Å². The van der Waals surface area contributed by atoms with Crippen molar-refractivity contribution in [3.05, 3.63) is 58.5 Å². The minimum atomic E-state index is -4.53. The molecule has 1 aliphatic rings. The molecule has 180 valence electrons. The maximum absolute atomic E-state index is 13.6. The average Bonchev–Trinajstić information content (AvgIpc) is 3.57. The molecule has 1 aromatic carbocycles. The van der Waals surface area contributed by atoms with Gasteiger partial charge in [-0.15, -0.1) is 0 Å². The van der Waals surface area contributed by atoms with E-state index < -0.39 is 17.7 Å². The molecule has 0 aliphatic heterocycles. The molecule has 0 saturated heterocycles. The number of carbonyl (C=O) groups is 2. The van der Waals surface area contributed by atoms with Crippen molar-refractivity contribution in [1.82, 2.24) is 14.3 Å². The van der Waals surface area contributed by atoms with E-state index in [-0.39, 0.29) is 24.8 Å². The number of hydrogen-bond donors (Lipinski definition) is 1. The monoisotopic (exact) mass is 473 g/mol. The summed E-state index contributed by atoms with van der Waals surface area (Å²) >= 11 is 0. The molecule has 1 aliphatic carbocycles. The van der Waals surface area contributed by atoms with Crippen molar-refractivity contribution in [2.24, 2.45) is 5.92 Å². The van der Waals surface area contributed by atoms with Crippen LogP contribution >= 0.6 is 0 Å². The lowest BCUT2D eigenvalue weighted by molar-refractivity contribution is -0.138. The van der Waals surface area contributed by atoms with Gasteiger partial charge in [0.15, 0.2) is 0 Å². The van der Waals surface area contributed by atoms with E-state index in [1.165, 1.54) is 6.07 Å². The summed E-state index contributed by atoms with van der Waals surface area (Å²) in [6.07, 6.45) is 0.170. The number of carbonyl (C=O) groups excluding carboxylic acids is 1. The van der Waals surface area contributed by atoms with Crippen molar-refractivity contribution >= 4 is 17.4 Å². The molecule has 0 bridgehead atoms. The number of aryl methyl sites for hydroxylation is 1. The third-order valence-corrected chi connectivity index (χ3v) is 6.32. The van der Waals surface area contributed by atoms with Crippen LogP contribution in [0.1, 0.15) is 47.7 Å². The van der Waals surface area contributed by atoms with E-state index in [0.717, 1.165) is 25.0 Å². The number of nitrogens with zero attached hydrogens (tertiary/aromatic N) is 3. The SMILES string of the molecule is CCN(Cc1cc(C(F)(F)F)ccc1-c1c(C)c(CC(=O)O)c2cnc(C)cn12)C(=O)C1CC1. The minimum absolute atomic E-state index is 0.0378. The highest BCUT2D eigenvalue weighted by atomic mass is 19.4. The largest absolute Gasteiger partial charge is 0.481 e. The van der Waals surface area contributed by atoms with Gasteiger partial charge in [0, 0.05) is 30.8 Å². The number of alkyl halides is 3. The van der Waals surface area contributed by atoms with Gasteiger partial charge in [0.1, 0.15) is 0 Å². The topological polar surface area (TPSA) is 74.9 Å². The molecule has 9 heteroatoms. The number of rotatable bonds is 7. The number of fused-ring (bicyclic) bond motifs is 1. The summed E-state index contributed by atoms with van der Waals surface area (Å²) in [5, 5.41) is 9.44. The molecule has 2 aromatic heterocycles. The van der Waals surface area contributed by atoms with E-state index in [0.29, 0.717) is 45.7 Å². The standard InChI is InChI=1S/C25H26F3N3O3/c1-4-30(24(34)16-5-6-16)13-17-9-18(25(26,27)28)7-8-19(17)23-15(3)20(10-22(32)33)21-11-29-14(2)12-31(21)23/h7-9,11-12,16H,4-6,10,13H2,1-3H3,(H,32,33). The minimum Gasteiger partial charge on any atom is -0.481 e. The number of aliphatic carboxylic acids is 1. The second-order valence-corrected chi connectivity index (χ2v) is 8.80. The van der Waals surface area contributed by atoms with Gasteiger partial charge in [0.2, 0.25) is 5.91 Å². The molecular formula is C25H26F3N3O3. The molecule has 0 spiro atoms. The van der Waals surface area contributed by atoms with E-state index in [4.69, 9.17) is 0 Å². The first-order valence-electron chi connectivity index (χ1n) is 11.2. The number of aromatic nitrogens is 2. The zero-order valence-electron chi connectivity index (χ0n) is 19.2. The Morgan fingerprint density at radius 3 is 2.53 bits per heavy atom. The van der Waals surface area contributed by atoms with E-state index in [1.807, 2.05) is 6.92 Å². The Kier molecular flexibility index (Phi) is 6.14. The van der Waals surface area contributed by atoms with Gasteiger partial charge in [-0.2, -0.15) is 13.2 Å². The number of hydrogen-bond acceptors (Lipinski definition) is 3. The highest BCUT2D eigenvalue weighted by Gasteiger charge is 2.35. The molecule has 1 amide bonds. The van der Waals surface area contributed by atoms with Crippen LogP contribution in [0.4, 0.5) is 13.2 Å². The molecule has 0 unspecified atom stereocenters. The highest BCUT2D eigenvalue weighted by Crippen LogP contribution is 2.38. The lowest BCUT2D eigenvalue weighted by atomic mass is 9.96. The van der Waals surface area contributed by atoms with Crippen LogP contribution in [-0.4, -0.2) is 37.8 Å². The molecular weight excluding hydrogens is 447 g/mol. The van der Waals surface area contributed by atoms with Gasteiger partial charge < -0.3 is 14.4 Å². The zero-order valence-corrected chi connectivity index (χ0v) is 19.2. The first-order chi connectivity index (χ1) is 16.0. The van der Waals surface area contributed by atoms with Gasteiger partial charge in [0.05, 0.1) is 35.1 Å². The fourth-order valence-corrected chi connectivity index (χ4v) is 4.42. The molecule has 1 N–H and O–H groups in total. The molecule has 3 aromatic rings. The average molecular weight is 473 g/mol. The fourth-order valence-electron chi connectivity index (χ4n) is 4.42. The van der Waals surface area contributed by atoms with Crippen molar-refractivity contribution in [2.75, 3.05) is 6.54 Å². The van der Waals surface area contributed by atoms with Crippen LogP contribution in [0.3, 0.4) is 0 Å². The van der Waals surface area contributed by atoms with Gasteiger partial charge in [0.25, 0.3) is 0 Å². The van der Waals surface area contributed by atoms with Crippen LogP contribution in [0, 0.1) is 19.8 Å².